The van der Waals surface area contributed by atoms with Crippen LogP contribution in [0.25, 0.3) is 10.9 Å². The first-order valence-corrected chi connectivity index (χ1v) is 8.57. The largest absolute Gasteiger partial charge is 0.497 e. The van der Waals surface area contributed by atoms with Crippen LogP contribution >= 0.6 is 0 Å². The van der Waals surface area contributed by atoms with Crippen LogP contribution in [0.15, 0.2) is 42.5 Å². The van der Waals surface area contributed by atoms with Gasteiger partial charge >= 0.3 is 0 Å². The molecule has 0 unspecified atom stereocenters. The number of benzene rings is 2. The number of nitriles is 1. The molecule has 134 valence electrons. The molecule has 0 spiro atoms. The van der Waals surface area contributed by atoms with Crippen molar-refractivity contribution >= 4 is 22.5 Å². The second kappa shape index (κ2) is 7.68. The molecule has 0 aliphatic carbocycles. The van der Waals surface area contributed by atoms with E-state index in [0.717, 1.165) is 22.2 Å². The molecule has 1 N–H and O–H groups in total. The van der Waals surface area contributed by atoms with Crippen molar-refractivity contribution in [2.24, 2.45) is 0 Å². The molecule has 3 rings (SSSR count). The quantitative estimate of drug-likeness (QED) is 0.723. The number of nitrogens with one attached hydrogen (secondary N) is 1. The van der Waals surface area contributed by atoms with Gasteiger partial charge in [-0.2, -0.15) is 5.26 Å². The van der Waals surface area contributed by atoms with Gasteiger partial charge in [-0.15, -0.1) is 0 Å². The molecule has 5 heteroatoms. The molecule has 27 heavy (non-hydrogen) atoms. The third-order valence-electron chi connectivity index (χ3n) is 4.21. The standard InChI is InChI=1S/C22H19N3O2/c1-4-25-21(11-8-16-6-5-7-17(12-16)24-15(2)26)20(14-23)19-10-9-18(27-3)13-22(19)25/h5-7,9-10,12-13H,4H2,1-3H3,(H,24,26). The topological polar surface area (TPSA) is 67.0 Å². The Labute approximate surface area is 158 Å². The maximum absolute atomic E-state index is 11.2. The maximum atomic E-state index is 11.2. The smallest absolute Gasteiger partial charge is 0.221 e. The van der Waals surface area contributed by atoms with E-state index < -0.39 is 0 Å². The van der Waals surface area contributed by atoms with Gasteiger partial charge in [-0.25, -0.2) is 0 Å². The Morgan fingerprint density at radius 2 is 2.04 bits per heavy atom. The molecule has 0 atom stereocenters. The minimum Gasteiger partial charge on any atom is -0.497 e. The number of rotatable bonds is 3. The highest BCUT2D eigenvalue weighted by Gasteiger charge is 2.15. The summed E-state index contributed by atoms with van der Waals surface area (Å²) in [6.45, 7) is 4.16. The van der Waals surface area contributed by atoms with Crippen molar-refractivity contribution in [1.82, 2.24) is 4.57 Å². The number of carbonyl (C=O) groups excluding carboxylic acids is 1. The second-order valence-corrected chi connectivity index (χ2v) is 5.97. The summed E-state index contributed by atoms with van der Waals surface area (Å²) >= 11 is 0. The second-order valence-electron chi connectivity index (χ2n) is 5.97. The monoisotopic (exact) mass is 357 g/mol. The Kier molecular flexibility index (Phi) is 5.15. The average molecular weight is 357 g/mol. The normalized spacial score (nSPS) is 10.0. The highest BCUT2D eigenvalue weighted by Crippen LogP contribution is 2.28. The number of nitrogens with zero attached hydrogens (tertiary/aromatic N) is 2. The van der Waals surface area contributed by atoms with Crippen LogP contribution in [-0.2, 0) is 11.3 Å². The molecule has 0 fully saturated rings. The molecule has 2 aromatic carbocycles. The first-order chi connectivity index (χ1) is 13.1. The van der Waals surface area contributed by atoms with Crippen molar-refractivity contribution in [3.05, 3.63) is 59.3 Å². The van der Waals surface area contributed by atoms with Crippen molar-refractivity contribution in [2.45, 2.75) is 20.4 Å². The zero-order valence-electron chi connectivity index (χ0n) is 15.5. The van der Waals surface area contributed by atoms with Crippen molar-refractivity contribution in [1.29, 1.82) is 5.26 Å². The van der Waals surface area contributed by atoms with Crippen LogP contribution in [0.1, 0.15) is 30.7 Å². The molecule has 0 saturated carbocycles. The summed E-state index contributed by atoms with van der Waals surface area (Å²) in [5, 5.41) is 13.3. The zero-order valence-corrected chi connectivity index (χ0v) is 15.5. The summed E-state index contributed by atoms with van der Waals surface area (Å²) in [6.07, 6.45) is 0. The van der Waals surface area contributed by atoms with Gasteiger partial charge in [0.05, 0.1) is 18.2 Å². The third-order valence-corrected chi connectivity index (χ3v) is 4.21. The van der Waals surface area contributed by atoms with E-state index in [1.165, 1.54) is 6.92 Å². The Morgan fingerprint density at radius 1 is 1.22 bits per heavy atom. The number of hydrogen-bond acceptors (Lipinski definition) is 3. The van der Waals surface area contributed by atoms with E-state index in [9.17, 15) is 10.1 Å². The highest BCUT2D eigenvalue weighted by molar-refractivity contribution is 5.91. The van der Waals surface area contributed by atoms with E-state index >= 15 is 0 Å². The van der Waals surface area contributed by atoms with Gasteiger partial charge in [-0.3, -0.25) is 4.79 Å². The van der Waals surface area contributed by atoms with Crippen LogP contribution < -0.4 is 10.1 Å². The van der Waals surface area contributed by atoms with E-state index in [2.05, 4.69) is 23.2 Å². The lowest BCUT2D eigenvalue weighted by Crippen LogP contribution is -2.05. The summed E-state index contributed by atoms with van der Waals surface area (Å²) in [6, 6.07) is 15.3. The molecule has 0 bridgehead atoms. The predicted octanol–water partition coefficient (Wildman–Crippen LogP) is 3.90. The van der Waals surface area contributed by atoms with Crippen molar-refractivity contribution in [3.63, 3.8) is 0 Å². The summed E-state index contributed by atoms with van der Waals surface area (Å²) in [4.78, 5) is 11.2. The average Bonchev–Trinajstić information content (AvgIpc) is 2.97. The van der Waals surface area contributed by atoms with Crippen LogP contribution in [0.3, 0.4) is 0 Å². The lowest BCUT2D eigenvalue weighted by Gasteiger charge is -2.05. The number of fused-ring (bicyclic) bond motifs is 1. The number of ether oxygens (including phenoxy) is 1. The lowest BCUT2D eigenvalue weighted by atomic mass is 10.1. The number of aromatic nitrogens is 1. The van der Waals surface area contributed by atoms with E-state index in [1.807, 2.05) is 54.0 Å². The molecule has 1 aromatic heterocycles. The van der Waals surface area contributed by atoms with Gasteiger partial charge in [-0.1, -0.05) is 12.0 Å². The Balaban J connectivity index is 2.12. The van der Waals surface area contributed by atoms with E-state index in [0.29, 0.717) is 23.5 Å². The van der Waals surface area contributed by atoms with Crippen LogP contribution in [0.5, 0.6) is 5.75 Å². The summed E-state index contributed by atoms with van der Waals surface area (Å²) in [5.41, 5.74) is 3.60. The molecule has 1 heterocycles. The number of carbonyl (C=O) groups is 1. The van der Waals surface area contributed by atoms with E-state index in [1.54, 1.807) is 7.11 Å². The molecular weight excluding hydrogens is 338 g/mol. The van der Waals surface area contributed by atoms with Crippen LogP contribution in [0.2, 0.25) is 0 Å². The summed E-state index contributed by atoms with van der Waals surface area (Å²) in [7, 11) is 1.62. The number of methoxy groups -OCH3 is 1. The molecule has 5 nitrogen and oxygen atoms in total. The Morgan fingerprint density at radius 3 is 2.70 bits per heavy atom. The zero-order chi connectivity index (χ0) is 19.4. The maximum Gasteiger partial charge on any atom is 0.221 e. The van der Waals surface area contributed by atoms with Gasteiger partial charge in [0, 0.05) is 36.2 Å². The Bertz CT molecular complexity index is 1120. The van der Waals surface area contributed by atoms with Crippen molar-refractivity contribution in [2.75, 3.05) is 12.4 Å². The van der Waals surface area contributed by atoms with Gasteiger partial charge in [0.25, 0.3) is 0 Å². The van der Waals surface area contributed by atoms with Gasteiger partial charge in [-0.05, 0) is 43.2 Å². The summed E-state index contributed by atoms with van der Waals surface area (Å²) < 4.78 is 7.33. The van der Waals surface area contributed by atoms with E-state index in [-0.39, 0.29) is 5.91 Å². The van der Waals surface area contributed by atoms with Crippen molar-refractivity contribution in [3.8, 4) is 23.7 Å². The van der Waals surface area contributed by atoms with Gasteiger partial charge < -0.3 is 14.6 Å². The first kappa shape index (κ1) is 18.1. The van der Waals surface area contributed by atoms with Gasteiger partial charge in [0.1, 0.15) is 17.5 Å². The molecule has 3 aromatic rings. The minimum absolute atomic E-state index is 0.132. The van der Waals surface area contributed by atoms with E-state index in [4.69, 9.17) is 4.74 Å². The van der Waals surface area contributed by atoms with Crippen molar-refractivity contribution < 1.29 is 9.53 Å². The number of anilines is 1. The number of aryl methyl sites for hydroxylation is 1. The third kappa shape index (κ3) is 3.63. The SMILES string of the molecule is CCn1c(C#Cc2cccc(NC(C)=O)c2)c(C#N)c2ccc(OC)cc21. The minimum atomic E-state index is -0.132. The molecule has 0 aliphatic rings. The fourth-order valence-electron chi connectivity index (χ4n) is 3.04. The van der Waals surface area contributed by atoms with Crippen LogP contribution in [0, 0.1) is 23.2 Å². The first-order valence-electron chi connectivity index (χ1n) is 8.57. The fourth-order valence-corrected chi connectivity index (χ4v) is 3.04. The predicted molar refractivity (Wildman–Crippen MR) is 106 cm³/mol. The molecule has 1 amide bonds. The van der Waals surface area contributed by atoms with Crippen LogP contribution in [0.4, 0.5) is 5.69 Å². The molecule has 0 saturated heterocycles. The number of amides is 1. The van der Waals surface area contributed by atoms with Gasteiger partial charge in [0.15, 0.2) is 0 Å². The van der Waals surface area contributed by atoms with Crippen LogP contribution in [-0.4, -0.2) is 17.6 Å². The van der Waals surface area contributed by atoms with Gasteiger partial charge in [0.2, 0.25) is 5.91 Å². The lowest BCUT2D eigenvalue weighted by molar-refractivity contribution is -0.114. The highest BCUT2D eigenvalue weighted by atomic mass is 16.5. The molecule has 0 aliphatic heterocycles. The molecule has 0 radical (unpaired) electrons. The number of hydrogen-bond donors (Lipinski definition) is 1. The molecular formula is C22H19N3O2. The summed E-state index contributed by atoms with van der Waals surface area (Å²) in [5.74, 6) is 6.86. The fraction of sp³-hybridized carbons (Fsp3) is 0.182. The Hall–Kier alpha value is -3.70.